The topological polar surface area (TPSA) is 90.9 Å². The van der Waals surface area contributed by atoms with Gasteiger partial charge in [0.05, 0.1) is 19.9 Å². The first-order valence-corrected chi connectivity index (χ1v) is 9.33. The number of hydrogen-bond donors (Lipinski definition) is 1. The molecule has 156 valence electrons. The van der Waals surface area contributed by atoms with Crippen molar-refractivity contribution in [3.05, 3.63) is 77.0 Å². The van der Waals surface area contributed by atoms with Gasteiger partial charge >= 0.3 is 5.97 Å². The van der Waals surface area contributed by atoms with Crippen LogP contribution in [0.25, 0.3) is 6.08 Å². The Morgan fingerprint density at radius 3 is 2.70 bits per heavy atom. The molecule has 7 heteroatoms. The molecule has 0 saturated heterocycles. The molecule has 0 fully saturated rings. The Hall–Kier alpha value is -3.74. The summed E-state index contributed by atoms with van der Waals surface area (Å²) in [6, 6.07) is 10.1. The minimum atomic E-state index is -0.639. The number of carbonyl (C=O) groups excluding carboxylic acids is 2. The van der Waals surface area contributed by atoms with Gasteiger partial charge in [-0.15, -0.1) is 0 Å². The van der Waals surface area contributed by atoms with Crippen LogP contribution in [-0.4, -0.2) is 35.1 Å². The van der Waals surface area contributed by atoms with Gasteiger partial charge in [-0.05, 0) is 55.8 Å². The third-order valence-corrected chi connectivity index (χ3v) is 4.73. The Morgan fingerprint density at radius 2 is 2.00 bits per heavy atom. The van der Waals surface area contributed by atoms with Crippen LogP contribution in [0.15, 0.2) is 53.2 Å². The van der Waals surface area contributed by atoms with Gasteiger partial charge in [-0.3, -0.25) is 4.79 Å². The fourth-order valence-corrected chi connectivity index (χ4v) is 3.11. The van der Waals surface area contributed by atoms with E-state index in [-0.39, 0.29) is 18.1 Å². The number of ketones is 1. The zero-order valence-corrected chi connectivity index (χ0v) is 17.0. The second-order valence-corrected chi connectivity index (χ2v) is 6.75. The van der Waals surface area contributed by atoms with Gasteiger partial charge in [0, 0.05) is 23.0 Å². The number of Topliss-reactive ketones (excluding diaryl/α,β-unsaturated/α-hetero) is 1. The molecule has 30 heavy (non-hydrogen) atoms. The molecule has 2 aromatic heterocycles. The SMILES string of the molecule is COc1cc(C=CC(=O)OCC(=O)c2cc(C)n(Cc3ccco3)c2C)ccc1O. The number of benzene rings is 1. The molecular weight excluding hydrogens is 386 g/mol. The molecule has 0 aliphatic heterocycles. The highest BCUT2D eigenvalue weighted by Gasteiger charge is 2.17. The normalized spacial score (nSPS) is 11.0. The van der Waals surface area contributed by atoms with Crippen molar-refractivity contribution < 1.29 is 28.6 Å². The molecule has 1 N–H and O–H groups in total. The van der Waals surface area contributed by atoms with E-state index in [9.17, 15) is 14.7 Å². The molecule has 0 saturated carbocycles. The van der Waals surface area contributed by atoms with E-state index in [1.54, 1.807) is 24.5 Å². The number of phenols is 1. The number of nitrogens with zero attached hydrogens (tertiary/aromatic N) is 1. The molecule has 3 rings (SSSR count). The van der Waals surface area contributed by atoms with E-state index < -0.39 is 5.97 Å². The van der Waals surface area contributed by atoms with Crippen LogP contribution in [0.4, 0.5) is 0 Å². The number of aromatic hydroxyl groups is 1. The minimum Gasteiger partial charge on any atom is -0.504 e. The van der Waals surface area contributed by atoms with Crippen LogP contribution in [0, 0.1) is 13.8 Å². The largest absolute Gasteiger partial charge is 0.504 e. The second-order valence-electron chi connectivity index (χ2n) is 6.75. The highest BCUT2D eigenvalue weighted by Crippen LogP contribution is 2.26. The summed E-state index contributed by atoms with van der Waals surface area (Å²) in [4.78, 5) is 24.5. The Kier molecular flexibility index (Phi) is 6.41. The number of hydrogen-bond acceptors (Lipinski definition) is 6. The molecule has 0 atom stereocenters. The van der Waals surface area contributed by atoms with Crippen LogP contribution in [0.3, 0.4) is 0 Å². The van der Waals surface area contributed by atoms with Crippen LogP contribution < -0.4 is 4.74 Å². The van der Waals surface area contributed by atoms with Gasteiger partial charge in [0.1, 0.15) is 5.76 Å². The second kappa shape index (κ2) is 9.17. The number of rotatable bonds is 8. The van der Waals surface area contributed by atoms with Gasteiger partial charge in [0.2, 0.25) is 5.78 Å². The van der Waals surface area contributed by atoms with Crippen molar-refractivity contribution in [1.29, 1.82) is 0 Å². The quantitative estimate of drug-likeness (QED) is 0.345. The zero-order valence-electron chi connectivity index (χ0n) is 17.0. The Morgan fingerprint density at radius 1 is 1.20 bits per heavy atom. The van der Waals surface area contributed by atoms with Gasteiger partial charge < -0.3 is 23.6 Å². The lowest BCUT2D eigenvalue weighted by Gasteiger charge is -2.08. The number of ether oxygens (including phenoxy) is 2. The van der Waals surface area contributed by atoms with Crippen LogP contribution in [0.2, 0.25) is 0 Å². The molecular formula is C23H23NO6. The van der Waals surface area contributed by atoms with E-state index in [1.807, 2.05) is 30.5 Å². The summed E-state index contributed by atoms with van der Waals surface area (Å²) in [6.07, 6.45) is 4.35. The van der Waals surface area contributed by atoms with E-state index in [1.165, 1.54) is 25.3 Å². The van der Waals surface area contributed by atoms with Crippen molar-refractivity contribution in [1.82, 2.24) is 4.57 Å². The van der Waals surface area contributed by atoms with E-state index in [2.05, 4.69) is 0 Å². The van der Waals surface area contributed by atoms with Crippen molar-refractivity contribution in [2.75, 3.05) is 13.7 Å². The summed E-state index contributed by atoms with van der Waals surface area (Å²) in [6.45, 7) is 3.93. The third kappa shape index (κ3) is 4.81. The van der Waals surface area contributed by atoms with Crippen molar-refractivity contribution in [2.45, 2.75) is 20.4 Å². The molecule has 1 aromatic carbocycles. The summed E-state index contributed by atoms with van der Waals surface area (Å²) >= 11 is 0. The smallest absolute Gasteiger partial charge is 0.331 e. The van der Waals surface area contributed by atoms with Crippen LogP contribution >= 0.6 is 0 Å². The van der Waals surface area contributed by atoms with Gasteiger partial charge in [-0.1, -0.05) is 6.07 Å². The molecule has 0 bridgehead atoms. The molecule has 0 radical (unpaired) electrons. The zero-order chi connectivity index (χ0) is 21.7. The summed E-state index contributed by atoms with van der Waals surface area (Å²) in [5.74, 6) is 0.179. The molecule has 0 aliphatic carbocycles. The highest BCUT2D eigenvalue weighted by molar-refractivity contribution is 6.00. The van der Waals surface area contributed by atoms with Crippen LogP contribution in [-0.2, 0) is 16.1 Å². The summed E-state index contributed by atoms with van der Waals surface area (Å²) < 4.78 is 17.5. The minimum absolute atomic E-state index is 0.00692. The first-order chi connectivity index (χ1) is 14.4. The van der Waals surface area contributed by atoms with E-state index >= 15 is 0 Å². The van der Waals surface area contributed by atoms with Gasteiger partial charge in [-0.25, -0.2) is 4.79 Å². The predicted molar refractivity (Wildman–Crippen MR) is 111 cm³/mol. The van der Waals surface area contributed by atoms with Crippen molar-refractivity contribution in [2.24, 2.45) is 0 Å². The van der Waals surface area contributed by atoms with Crippen molar-refractivity contribution >= 4 is 17.8 Å². The average molecular weight is 409 g/mol. The lowest BCUT2D eigenvalue weighted by atomic mass is 10.1. The van der Waals surface area contributed by atoms with Gasteiger partial charge in [-0.2, -0.15) is 0 Å². The number of esters is 1. The van der Waals surface area contributed by atoms with Crippen molar-refractivity contribution in [3.63, 3.8) is 0 Å². The first-order valence-electron chi connectivity index (χ1n) is 9.33. The van der Waals surface area contributed by atoms with Gasteiger partial charge in [0.25, 0.3) is 0 Å². The monoisotopic (exact) mass is 409 g/mol. The molecule has 2 heterocycles. The summed E-state index contributed by atoms with van der Waals surface area (Å²) in [7, 11) is 1.44. The highest BCUT2D eigenvalue weighted by atomic mass is 16.5. The number of furan rings is 1. The number of carbonyl (C=O) groups is 2. The van der Waals surface area contributed by atoms with E-state index in [0.29, 0.717) is 23.4 Å². The van der Waals surface area contributed by atoms with E-state index in [4.69, 9.17) is 13.9 Å². The number of phenolic OH excluding ortho intramolecular Hbond substituents is 1. The molecule has 0 aliphatic rings. The predicted octanol–water partition coefficient (Wildman–Crippen LogP) is 3.90. The van der Waals surface area contributed by atoms with Crippen molar-refractivity contribution in [3.8, 4) is 11.5 Å². The lowest BCUT2D eigenvalue weighted by molar-refractivity contribution is -0.136. The maximum absolute atomic E-state index is 12.6. The fourth-order valence-electron chi connectivity index (χ4n) is 3.11. The Labute approximate surface area is 174 Å². The Balaban J connectivity index is 1.61. The maximum atomic E-state index is 12.6. The molecule has 0 amide bonds. The molecule has 3 aromatic rings. The molecule has 0 spiro atoms. The lowest BCUT2D eigenvalue weighted by Crippen LogP contribution is -2.13. The van der Waals surface area contributed by atoms with Crippen LogP contribution in [0.5, 0.6) is 11.5 Å². The molecule has 0 unspecified atom stereocenters. The number of aromatic nitrogens is 1. The average Bonchev–Trinajstić information content (AvgIpc) is 3.35. The molecule has 7 nitrogen and oxygen atoms in total. The van der Waals surface area contributed by atoms with E-state index in [0.717, 1.165) is 17.1 Å². The van der Waals surface area contributed by atoms with Crippen LogP contribution in [0.1, 0.15) is 33.1 Å². The third-order valence-electron chi connectivity index (χ3n) is 4.73. The maximum Gasteiger partial charge on any atom is 0.331 e. The Bertz CT molecular complexity index is 1080. The summed E-state index contributed by atoms with van der Waals surface area (Å²) in [5.41, 5.74) is 2.87. The number of aryl methyl sites for hydroxylation is 1. The fraction of sp³-hybridized carbons (Fsp3) is 0.217. The van der Waals surface area contributed by atoms with Gasteiger partial charge in [0.15, 0.2) is 18.1 Å². The summed E-state index contributed by atoms with van der Waals surface area (Å²) in [5, 5.41) is 9.60. The first kappa shape index (κ1) is 21.0. The number of methoxy groups -OCH3 is 1. The standard InChI is InChI=1S/C23H23NO6/c1-15-11-19(16(2)24(15)13-18-5-4-10-29-18)21(26)14-30-23(27)9-7-17-6-8-20(25)22(12-17)28-3/h4-12,25H,13-14H2,1-3H3.